The summed E-state index contributed by atoms with van der Waals surface area (Å²) >= 11 is 0. The average molecular weight is 416 g/mol. The van der Waals surface area contributed by atoms with Crippen molar-refractivity contribution in [3.63, 3.8) is 0 Å². The highest BCUT2D eigenvalue weighted by atomic mass is 19.1. The van der Waals surface area contributed by atoms with Crippen LogP contribution in [-0.2, 0) is 16.1 Å². The minimum atomic E-state index is -0.528. The third-order valence-electron chi connectivity index (χ3n) is 5.10. The second kappa shape index (κ2) is 11.5. The number of pyridine rings is 1. The maximum Gasteiger partial charge on any atom is 0.222 e. The Hall–Kier alpha value is -2.71. The number of aromatic nitrogens is 1. The first kappa shape index (κ1) is 22.0. The first-order chi connectivity index (χ1) is 14.7. The summed E-state index contributed by atoms with van der Waals surface area (Å²) in [5, 5.41) is 2.78. The lowest BCUT2D eigenvalue weighted by molar-refractivity contribution is -0.122. The molecule has 1 N–H and O–H groups in total. The largest absolute Gasteiger partial charge is 0.495 e. The van der Waals surface area contributed by atoms with Crippen molar-refractivity contribution in [2.45, 2.75) is 13.0 Å². The molecule has 7 nitrogen and oxygen atoms in total. The zero-order valence-corrected chi connectivity index (χ0v) is 17.3. The fourth-order valence-electron chi connectivity index (χ4n) is 3.36. The number of benzene rings is 1. The van der Waals surface area contributed by atoms with Gasteiger partial charge in [-0.2, -0.15) is 4.39 Å². The topological polar surface area (TPSA) is 66.9 Å². The van der Waals surface area contributed by atoms with E-state index in [4.69, 9.17) is 9.47 Å². The summed E-state index contributed by atoms with van der Waals surface area (Å²) in [6.07, 6.45) is 1.72. The number of carbonyl (C=O) groups excluding carboxylic acids is 1. The minimum absolute atomic E-state index is 0.0928. The van der Waals surface area contributed by atoms with E-state index >= 15 is 0 Å². The van der Waals surface area contributed by atoms with Crippen molar-refractivity contribution in [3.05, 3.63) is 54.1 Å². The molecule has 162 valence electrons. The maximum absolute atomic E-state index is 12.8. The Morgan fingerprint density at radius 2 is 1.93 bits per heavy atom. The molecule has 2 aromatic rings. The van der Waals surface area contributed by atoms with Crippen molar-refractivity contribution in [1.82, 2.24) is 15.2 Å². The van der Waals surface area contributed by atoms with Gasteiger partial charge in [0, 0.05) is 51.9 Å². The van der Waals surface area contributed by atoms with Crippen molar-refractivity contribution in [2.24, 2.45) is 0 Å². The lowest BCUT2D eigenvalue weighted by Gasteiger charge is -2.36. The molecule has 1 aliphatic heterocycles. The van der Waals surface area contributed by atoms with Gasteiger partial charge in [0.15, 0.2) is 0 Å². The summed E-state index contributed by atoms with van der Waals surface area (Å²) in [5.74, 6) is 0.285. The fourth-order valence-corrected chi connectivity index (χ4v) is 3.36. The standard InChI is InChI=1S/C22H29FN4O3/c1-29-20-5-3-2-4-19(20)27-11-9-26(10-12-27)13-15-30-14-8-22(28)25-17-18-6-7-21(23)24-16-18/h2-7,16H,8-15,17H2,1H3,(H,25,28). The average Bonchev–Trinajstić information content (AvgIpc) is 2.79. The second-order valence-electron chi connectivity index (χ2n) is 7.13. The van der Waals surface area contributed by atoms with Crippen LogP contribution in [0.25, 0.3) is 0 Å². The molecular formula is C22H29FN4O3. The third-order valence-corrected chi connectivity index (χ3v) is 5.10. The van der Waals surface area contributed by atoms with E-state index in [0.717, 1.165) is 49.7 Å². The number of hydrogen-bond acceptors (Lipinski definition) is 6. The van der Waals surface area contributed by atoms with Crippen LogP contribution < -0.4 is 15.0 Å². The molecule has 0 atom stereocenters. The van der Waals surface area contributed by atoms with Gasteiger partial charge >= 0.3 is 0 Å². The second-order valence-corrected chi connectivity index (χ2v) is 7.13. The Bertz CT molecular complexity index is 795. The smallest absolute Gasteiger partial charge is 0.222 e. The van der Waals surface area contributed by atoms with E-state index in [9.17, 15) is 9.18 Å². The van der Waals surface area contributed by atoms with E-state index in [1.54, 1.807) is 13.2 Å². The highest BCUT2D eigenvalue weighted by Gasteiger charge is 2.19. The van der Waals surface area contributed by atoms with Gasteiger partial charge in [-0.25, -0.2) is 4.98 Å². The quantitative estimate of drug-likeness (QED) is 0.473. The summed E-state index contributed by atoms with van der Waals surface area (Å²) in [6, 6.07) is 11.0. The summed E-state index contributed by atoms with van der Waals surface area (Å²) in [4.78, 5) is 20.1. The number of nitrogens with one attached hydrogen (secondary N) is 1. The van der Waals surface area contributed by atoms with E-state index in [1.807, 2.05) is 18.2 Å². The molecule has 0 spiro atoms. The van der Waals surface area contributed by atoms with Gasteiger partial charge in [0.25, 0.3) is 0 Å². The molecule has 1 saturated heterocycles. The molecule has 1 aromatic heterocycles. The van der Waals surface area contributed by atoms with Crippen molar-refractivity contribution in [2.75, 3.05) is 57.9 Å². The van der Waals surface area contributed by atoms with Crippen molar-refractivity contribution in [1.29, 1.82) is 0 Å². The molecular weight excluding hydrogens is 387 g/mol. The molecule has 1 fully saturated rings. The molecule has 2 heterocycles. The van der Waals surface area contributed by atoms with E-state index < -0.39 is 5.95 Å². The predicted octanol–water partition coefficient (Wildman–Crippen LogP) is 2.07. The number of amides is 1. The van der Waals surface area contributed by atoms with Crippen LogP contribution in [0.1, 0.15) is 12.0 Å². The number of para-hydroxylation sites is 2. The zero-order chi connectivity index (χ0) is 21.2. The van der Waals surface area contributed by atoms with Crippen LogP contribution >= 0.6 is 0 Å². The number of carbonyl (C=O) groups is 1. The fraction of sp³-hybridized carbons (Fsp3) is 0.455. The van der Waals surface area contributed by atoms with Crippen LogP contribution in [0, 0.1) is 5.95 Å². The van der Waals surface area contributed by atoms with Gasteiger partial charge in [0.1, 0.15) is 5.75 Å². The van der Waals surface area contributed by atoms with Crippen LogP contribution in [0.5, 0.6) is 5.75 Å². The van der Waals surface area contributed by atoms with Gasteiger partial charge in [0.05, 0.1) is 26.0 Å². The van der Waals surface area contributed by atoms with Gasteiger partial charge < -0.3 is 19.7 Å². The van der Waals surface area contributed by atoms with Crippen LogP contribution in [0.15, 0.2) is 42.6 Å². The van der Waals surface area contributed by atoms with Crippen molar-refractivity contribution < 1.29 is 18.7 Å². The lowest BCUT2D eigenvalue weighted by atomic mass is 10.2. The summed E-state index contributed by atoms with van der Waals surface area (Å²) in [6.45, 7) is 5.99. The molecule has 0 saturated carbocycles. The Balaban J connectivity index is 1.26. The number of halogens is 1. The number of rotatable bonds is 10. The van der Waals surface area contributed by atoms with Crippen LogP contribution in [0.4, 0.5) is 10.1 Å². The molecule has 0 radical (unpaired) electrons. The number of methoxy groups -OCH3 is 1. The number of hydrogen-bond donors (Lipinski definition) is 1. The van der Waals surface area contributed by atoms with E-state index in [-0.39, 0.29) is 5.91 Å². The Labute approximate surface area is 176 Å². The van der Waals surface area contributed by atoms with E-state index in [1.165, 1.54) is 12.3 Å². The predicted molar refractivity (Wildman–Crippen MR) is 113 cm³/mol. The van der Waals surface area contributed by atoms with E-state index in [2.05, 4.69) is 26.2 Å². The number of ether oxygens (including phenoxy) is 2. The number of anilines is 1. The number of nitrogens with zero attached hydrogens (tertiary/aromatic N) is 3. The van der Waals surface area contributed by atoms with Gasteiger partial charge in [-0.05, 0) is 23.8 Å². The van der Waals surface area contributed by atoms with E-state index in [0.29, 0.717) is 26.2 Å². The Kier molecular flexibility index (Phi) is 8.41. The lowest BCUT2D eigenvalue weighted by Crippen LogP contribution is -2.47. The maximum atomic E-state index is 12.8. The van der Waals surface area contributed by atoms with Crippen LogP contribution in [-0.4, -0.2) is 68.8 Å². The highest BCUT2D eigenvalue weighted by Crippen LogP contribution is 2.28. The highest BCUT2D eigenvalue weighted by molar-refractivity contribution is 5.75. The van der Waals surface area contributed by atoms with Crippen molar-refractivity contribution >= 4 is 11.6 Å². The molecule has 0 unspecified atom stereocenters. The molecule has 3 rings (SSSR count). The van der Waals surface area contributed by atoms with Crippen molar-refractivity contribution in [3.8, 4) is 5.75 Å². The van der Waals surface area contributed by atoms with Gasteiger partial charge in [0.2, 0.25) is 11.9 Å². The minimum Gasteiger partial charge on any atom is -0.495 e. The summed E-state index contributed by atoms with van der Waals surface area (Å²) in [5.41, 5.74) is 1.90. The monoisotopic (exact) mass is 416 g/mol. The number of piperazine rings is 1. The molecule has 1 aromatic carbocycles. The normalized spacial score (nSPS) is 14.5. The molecule has 1 aliphatic rings. The van der Waals surface area contributed by atoms with Crippen LogP contribution in [0.2, 0.25) is 0 Å². The molecule has 1 amide bonds. The molecule has 30 heavy (non-hydrogen) atoms. The summed E-state index contributed by atoms with van der Waals surface area (Å²) in [7, 11) is 1.70. The SMILES string of the molecule is COc1ccccc1N1CCN(CCOCCC(=O)NCc2ccc(F)nc2)CC1. The first-order valence-corrected chi connectivity index (χ1v) is 10.2. The van der Waals surface area contributed by atoms with Gasteiger partial charge in [-0.1, -0.05) is 18.2 Å². The Morgan fingerprint density at radius 1 is 1.13 bits per heavy atom. The van der Waals surface area contributed by atoms with Gasteiger partial charge in [-0.15, -0.1) is 0 Å². The molecule has 0 bridgehead atoms. The third kappa shape index (κ3) is 6.67. The van der Waals surface area contributed by atoms with Crippen LogP contribution in [0.3, 0.4) is 0 Å². The van der Waals surface area contributed by atoms with Gasteiger partial charge in [-0.3, -0.25) is 9.69 Å². The summed E-state index contributed by atoms with van der Waals surface area (Å²) < 4.78 is 23.8. The molecule has 0 aliphatic carbocycles. The first-order valence-electron chi connectivity index (χ1n) is 10.2. The zero-order valence-electron chi connectivity index (χ0n) is 17.3. The Morgan fingerprint density at radius 3 is 2.67 bits per heavy atom. The molecule has 8 heteroatoms.